The van der Waals surface area contributed by atoms with Crippen LogP contribution in [0, 0.1) is 17.3 Å². The second kappa shape index (κ2) is 10.5. The third kappa shape index (κ3) is 7.28. The van der Waals surface area contributed by atoms with E-state index in [2.05, 4.69) is 11.8 Å². The molecule has 0 saturated carbocycles. The molecule has 0 bridgehead atoms. The molecular formula is C26H26F6O2. The van der Waals surface area contributed by atoms with Gasteiger partial charge in [-0.15, -0.1) is 5.92 Å². The number of hydrogen-bond donors (Lipinski definition) is 0. The minimum atomic E-state index is -4.65. The smallest absolute Gasteiger partial charge is 0.417 e. The molecule has 0 amide bonds. The Morgan fingerprint density at radius 3 is 2.24 bits per heavy atom. The van der Waals surface area contributed by atoms with Gasteiger partial charge in [0.15, 0.2) is 11.9 Å². The van der Waals surface area contributed by atoms with Gasteiger partial charge < -0.3 is 4.74 Å². The zero-order chi connectivity index (χ0) is 25.7. The van der Waals surface area contributed by atoms with Crippen LogP contribution in [0.3, 0.4) is 0 Å². The first kappa shape index (κ1) is 27.3. The summed E-state index contributed by atoms with van der Waals surface area (Å²) in [6, 6.07) is 8.39. The van der Waals surface area contributed by atoms with Gasteiger partial charge in [0.25, 0.3) is 0 Å². The van der Waals surface area contributed by atoms with Crippen LogP contribution in [0.15, 0.2) is 42.5 Å². The summed E-state index contributed by atoms with van der Waals surface area (Å²) in [7, 11) is 0. The van der Waals surface area contributed by atoms with E-state index < -0.39 is 35.0 Å². The Bertz CT molecular complexity index is 1070. The van der Waals surface area contributed by atoms with Gasteiger partial charge in [-0.25, -0.2) is 0 Å². The average molecular weight is 484 g/mol. The zero-order valence-corrected chi connectivity index (χ0v) is 19.3. The number of ether oxygens (including phenoxy) is 1. The lowest BCUT2D eigenvalue weighted by Crippen LogP contribution is -2.40. The molecule has 0 spiro atoms. The van der Waals surface area contributed by atoms with Gasteiger partial charge in [0, 0.05) is 11.0 Å². The average Bonchev–Trinajstić information content (AvgIpc) is 2.71. The normalized spacial score (nSPS) is 13.1. The van der Waals surface area contributed by atoms with Crippen molar-refractivity contribution in [2.24, 2.45) is 5.41 Å². The molecule has 0 saturated heterocycles. The quantitative estimate of drug-likeness (QED) is 0.287. The van der Waals surface area contributed by atoms with Crippen molar-refractivity contribution in [3.05, 3.63) is 64.7 Å². The van der Waals surface area contributed by atoms with Gasteiger partial charge in [-0.2, -0.15) is 26.3 Å². The first-order chi connectivity index (χ1) is 15.6. The first-order valence-corrected chi connectivity index (χ1v) is 10.6. The van der Waals surface area contributed by atoms with Crippen molar-refractivity contribution >= 4 is 5.78 Å². The van der Waals surface area contributed by atoms with E-state index in [0.717, 1.165) is 18.2 Å². The fourth-order valence-corrected chi connectivity index (χ4v) is 3.79. The van der Waals surface area contributed by atoms with Gasteiger partial charge in [0.2, 0.25) is 0 Å². The summed E-state index contributed by atoms with van der Waals surface area (Å²) < 4.78 is 84.8. The Labute approximate surface area is 195 Å². The van der Waals surface area contributed by atoms with Crippen LogP contribution in [0.4, 0.5) is 26.3 Å². The predicted molar refractivity (Wildman–Crippen MR) is 117 cm³/mol. The summed E-state index contributed by atoms with van der Waals surface area (Å²) in [5, 5.41) is 0. The van der Waals surface area contributed by atoms with Gasteiger partial charge in [-0.05, 0) is 62.9 Å². The Morgan fingerprint density at radius 2 is 1.68 bits per heavy atom. The first-order valence-electron chi connectivity index (χ1n) is 10.6. The Hall–Kier alpha value is -2.95. The maximum atomic E-state index is 13.5. The standard InChI is InChI=1S/C26H26F6O2/c1-5-8-19-12-13-21(16-22(19)26(30,31)32)34-23(17(2)33)24(3,4)14-7-10-18-9-6-11-20(15-18)25(27,28)29/h6,9,11-13,15-16,23H,7,10,14H2,1-4H3. The van der Waals surface area contributed by atoms with E-state index in [0.29, 0.717) is 24.8 Å². The summed E-state index contributed by atoms with van der Waals surface area (Å²) in [5.74, 6) is 4.37. The fourth-order valence-electron chi connectivity index (χ4n) is 3.79. The van der Waals surface area contributed by atoms with Crippen LogP contribution in [0.2, 0.25) is 0 Å². The SMILES string of the molecule is CC#Cc1ccc(OC(C(C)=O)C(C)(C)CCCc2cccc(C(F)(F)F)c2)cc1C(F)(F)F. The van der Waals surface area contributed by atoms with Crippen molar-refractivity contribution in [1.29, 1.82) is 0 Å². The molecule has 34 heavy (non-hydrogen) atoms. The minimum absolute atomic E-state index is 0.111. The lowest BCUT2D eigenvalue weighted by molar-refractivity contribution is -0.138. The second-order valence-corrected chi connectivity index (χ2v) is 8.73. The highest BCUT2D eigenvalue weighted by atomic mass is 19.4. The largest absolute Gasteiger partial charge is 0.482 e. The van der Waals surface area contributed by atoms with E-state index in [1.165, 1.54) is 32.0 Å². The second-order valence-electron chi connectivity index (χ2n) is 8.73. The number of ketones is 1. The number of carbonyl (C=O) groups excluding carboxylic acids is 1. The van der Waals surface area contributed by atoms with E-state index in [1.807, 2.05) is 0 Å². The van der Waals surface area contributed by atoms with Crippen molar-refractivity contribution in [2.75, 3.05) is 0 Å². The molecule has 0 radical (unpaired) electrons. The molecule has 2 aromatic rings. The molecule has 184 valence electrons. The molecule has 2 aromatic carbocycles. The van der Waals surface area contributed by atoms with Gasteiger partial charge in [0.1, 0.15) is 5.75 Å². The molecule has 1 atom stereocenters. The Morgan fingerprint density at radius 1 is 1.00 bits per heavy atom. The van der Waals surface area contributed by atoms with E-state index in [-0.39, 0.29) is 17.1 Å². The van der Waals surface area contributed by atoms with Crippen LogP contribution in [-0.4, -0.2) is 11.9 Å². The van der Waals surface area contributed by atoms with E-state index in [4.69, 9.17) is 4.74 Å². The van der Waals surface area contributed by atoms with Crippen molar-refractivity contribution in [1.82, 2.24) is 0 Å². The highest BCUT2D eigenvalue weighted by Gasteiger charge is 2.37. The number of carbonyl (C=O) groups is 1. The highest BCUT2D eigenvalue weighted by Crippen LogP contribution is 2.37. The summed E-state index contributed by atoms with van der Waals surface area (Å²) in [6.45, 7) is 6.21. The summed E-state index contributed by atoms with van der Waals surface area (Å²) in [5.41, 5.74) is -2.15. The molecule has 0 aliphatic heterocycles. The van der Waals surface area contributed by atoms with Crippen LogP contribution in [-0.2, 0) is 23.6 Å². The van der Waals surface area contributed by atoms with Gasteiger partial charge in [-0.3, -0.25) is 4.79 Å². The number of halogens is 6. The summed E-state index contributed by atoms with van der Waals surface area (Å²) >= 11 is 0. The van der Waals surface area contributed by atoms with Crippen LogP contribution in [0.25, 0.3) is 0 Å². The van der Waals surface area contributed by atoms with Gasteiger partial charge in [-0.1, -0.05) is 38.0 Å². The van der Waals surface area contributed by atoms with Gasteiger partial charge in [0.05, 0.1) is 11.1 Å². The number of aryl methyl sites for hydroxylation is 1. The van der Waals surface area contributed by atoms with Crippen LogP contribution >= 0.6 is 0 Å². The molecule has 0 aromatic heterocycles. The monoisotopic (exact) mass is 484 g/mol. The van der Waals surface area contributed by atoms with Crippen molar-refractivity contribution in [3.63, 3.8) is 0 Å². The number of benzene rings is 2. The predicted octanol–water partition coefficient (Wildman–Crippen LogP) is 7.48. The number of Topliss-reactive ketones (excluding diaryl/α,β-unsaturated/α-hetero) is 1. The van der Waals surface area contributed by atoms with Crippen molar-refractivity contribution in [3.8, 4) is 17.6 Å². The van der Waals surface area contributed by atoms with Crippen LogP contribution in [0.1, 0.15) is 62.8 Å². The van der Waals surface area contributed by atoms with Crippen molar-refractivity contribution in [2.45, 2.75) is 65.4 Å². The molecule has 1 unspecified atom stereocenters. The molecular weight excluding hydrogens is 458 g/mol. The molecule has 2 nitrogen and oxygen atoms in total. The molecule has 8 heteroatoms. The maximum Gasteiger partial charge on any atom is 0.417 e. The number of hydrogen-bond acceptors (Lipinski definition) is 2. The molecule has 0 aliphatic rings. The molecule has 0 heterocycles. The van der Waals surface area contributed by atoms with Gasteiger partial charge >= 0.3 is 12.4 Å². The zero-order valence-electron chi connectivity index (χ0n) is 19.3. The van der Waals surface area contributed by atoms with E-state index in [9.17, 15) is 31.1 Å². The van der Waals surface area contributed by atoms with E-state index >= 15 is 0 Å². The Kier molecular flexibility index (Phi) is 8.46. The van der Waals surface area contributed by atoms with Crippen LogP contribution < -0.4 is 4.74 Å². The Balaban J connectivity index is 2.18. The lowest BCUT2D eigenvalue weighted by Gasteiger charge is -2.33. The third-order valence-electron chi connectivity index (χ3n) is 5.43. The number of alkyl halides is 6. The summed E-state index contributed by atoms with van der Waals surface area (Å²) in [4.78, 5) is 12.3. The van der Waals surface area contributed by atoms with Crippen molar-refractivity contribution < 1.29 is 35.9 Å². The molecule has 0 fully saturated rings. The number of rotatable bonds is 8. The maximum absolute atomic E-state index is 13.5. The summed E-state index contributed by atoms with van der Waals surface area (Å²) in [6.07, 6.45) is -8.92. The van der Waals surface area contributed by atoms with Crippen LogP contribution in [0.5, 0.6) is 5.75 Å². The lowest BCUT2D eigenvalue weighted by atomic mass is 9.79. The fraction of sp³-hybridized carbons (Fsp3) is 0.423. The minimum Gasteiger partial charge on any atom is -0.482 e. The molecule has 2 rings (SSSR count). The molecule has 0 N–H and O–H groups in total. The van der Waals surface area contributed by atoms with E-state index in [1.54, 1.807) is 19.9 Å². The third-order valence-corrected chi connectivity index (χ3v) is 5.43. The topological polar surface area (TPSA) is 26.3 Å². The highest BCUT2D eigenvalue weighted by molar-refractivity contribution is 5.81. The molecule has 0 aliphatic carbocycles.